The zero-order valence-corrected chi connectivity index (χ0v) is 9.90. The minimum atomic E-state index is -1.11. The highest BCUT2D eigenvalue weighted by molar-refractivity contribution is 5.93. The van der Waals surface area contributed by atoms with Gasteiger partial charge in [-0.2, -0.15) is 0 Å². The second kappa shape index (κ2) is 6.68. The first-order valence-electron chi connectivity index (χ1n) is 5.68. The van der Waals surface area contributed by atoms with Gasteiger partial charge in [-0.05, 0) is 17.5 Å². The molecule has 0 spiro atoms. The number of carboxylic acids is 1. The Morgan fingerprint density at radius 2 is 1.76 bits per heavy atom. The van der Waals surface area contributed by atoms with Gasteiger partial charge < -0.3 is 10.4 Å². The minimum Gasteiger partial charge on any atom is -0.481 e. The second-order valence-corrected chi connectivity index (χ2v) is 3.91. The summed E-state index contributed by atoms with van der Waals surface area (Å²) in [4.78, 5) is 21.4. The van der Waals surface area contributed by atoms with Crippen molar-refractivity contribution in [3.05, 3.63) is 35.4 Å². The first kappa shape index (κ1) is 13.2. The Balaban J connectivity index is 2.41. The standard InChI is InChI=1S/C13H17NO3/c1-2-3-10-4-6-11(7-5-10)9-14-12(15)8-13(16)17/h4-7H,2-3,8-9H2,1H3,(H,14,15)(H,16,17). The molecule has 1 rings (SSSR count). The van der Waals surface area contributed by atoms with Crippen LogP contribution in [-0.4, -0.2) is 17.0 Å². The molecule has 0 aliphatic carbocycles. The predicted octanol–water partition coefficient (Wildman–Crippen LogP) is 1.73. The van der Waals surface area contributed by atoms with E-state index in [1.54, 1.807) is 0 Å². The highest BCUT2D eigenvalue weighted by Gasteiger charge is 2.06. The van der Waals surface area contributed by atoms with Crippen LogP contribution in [0.1, 0.15) is 30.9 Å². The van der Waals surface area contributed by atoms with E-state index in [-0.39, 0.29) is 0 Å². The number of benzene rings is 1. The molecule has 17 heavy (non-hydrogen) atoms. The fourth-order valence-electron chi connectivity index (χ4n) is 1.51. The van der Waals surface area contributed by atoms with E-state index >= 15 is 0 Å². The van der Waals surface area contributed by atoms with Gasteiger partial charge in [0.2, 0.25) is 5.91 Å². The van der Waals surface area contributed by atoms with Gasteiger partial charge in [0.15, 0.2) is 0 Å². The number of carbonyl (C=O) groups excluding carboxylic acids is 1. The van der Waals surface area contributed by atoms with Crippen LogP contribution in [-0.2, 0) is 22.6 Å². The van der Waals surface area contributed by atoms with Gasteiger partial charge in [-0.3, -0.25) is 9.59 Å². The third-order valence-electron chi connectivity index (χ3n) is 2.36. The van der Waals surface area contributed by atoms with Gasteiger partial charge in [-0.25, -0.2) is 0 Å². The molecule has 0 bridgehead atoms. The zero-order valence-electron chi connectivity index (χ0n) is 9.90. The lowest BCUT2D eigenvalue weighted by molar-refractivity contribution is -0.140. The average Bonchev–Trinajstić information content (AvgIpc) is 2.28. The van der Waals surface area contributed by atoms with Crippen LogP contribution < -0.4 is 5.32 Å². The maximum Gasteiger partial charge on any atom is 0.312 e. The number of amides is 1. The highest BCUT2D eigenvalue weighted by Crippen LogP contribution is 2.06. The van der Waals surface area contributed by atoms with Gasteiger partial charge in [-0.1, -0.05) is 37.6 Å². The number of aliphatic carboxylic acids is 1. The summed E-state index contributed by atoms with van der Waals surface area (Å²) >= 11 is 0. The summed E-state index contributed by atoms with van der Waals surface area (Å²) in [5, 5.41) is 11.0. The van der Waals surface area contributed by atoms with E-state index in [1.807, 2.05) is 24.3 Å². The summed E-state index contributed by atoms with van der Waals surface area (Å²) in [5.41, 5.74) is 2.25. The Morgan fingerprint density at radius 3 is 2.29 bits per heavy atom. The van der Waals surface area contributed by atoms with Crippen LogP contribution in [0.3, 0.4) is 0 Å². The van der Waals surface area contributed by atoms with E-state index in [0.29, 0.717) is 6.54 Å². The van der Waals surface area contributed by atoms with E-state index in [4.69, 9.17) is 5.11 Å². The Morgan fingerprint density at radius 1 is 1.18 bits per heavy atom. The van der Waals surface area contributed by atoms with E-state index in [1.165, 1.54) is 5.56 Å². The van der Waals surface area contributed by atoms with Crippen molar-refractivity contribution in [2.45, 2.75) is 32.7 Å². The maximum atomic E-state index is 11.1. The van der Waals surface area contributed by atoms with Crippen molar-refractivity contribution < 1.29 is 14.7 Å². The minimum absolute atomic E-state index is 0.374. The van der Waals surface area contributed by atoms with Gasteiger partial charge in [0, 0.05) is 6.54 Å². The third kappa shape index (κ3) is 5.15. The topological polar surface area (TPSA) is 66.4 Å². The van der Waals surface area contributed by atoms with Crippen LogP contribution in [0.25, 0.3) is 0 Å². The largest absolute Gasteiger partial charge is 0.481 e. The van der Waals surface area contributed by atoms with E-state index in [9.17, 15) is 9.59 Å². The molecule has 1 aromatic carbocycles. The Hall–Kier alpha value is -1.84. The van der Waals surface area contributed by atoms with Gasteiger partial charge in [-0.15, -0.1) is 0 Å². The molecule has 0 aliphatic heterocycles. The summed E-state index contributed by atoms with van der Waals surface area (Å²) in [6.45, 7) is 2.50. The smallest absolute Gasteiger partial charge is 0.312 e. The van der Waals surface area contributed by atoms with Crippen molar-refractivity contribution in [1.29, 1.82) is 0 Å². The summed E-state index contributed by atoms with van der Waals surface area (Å²) in [6, 6.07) is 7.96. The van der Waals surface area contributed by atoms with Gasteiger partial charge in [0.05, 0.1) is 0 Å². The maximum absolute atomic E-state index is 11.1. The summed E-state index contributed by atoms with van der Waals surface area (Å²) in [7, 11) is 0. The highest BCUT2D eigenvalue weighted by atomic mass is 16.4. The summed E-state index contributed by atoms with van der Waals surface area (Å²) in [6.07, 6.45) is 1.67. The molecule has 0 radical (unpaired) electrons. The van der Waals surface area contributed by atoms with Crippen molar-refractivity contribution in [2.75, 3.05) is 0 Å². The van der Waals surface area contributed by atoms with Crippen molar-refractivity contribution in [3.8, 4) is 0 Å². The molecule has 4 nitrogen and oxygen atoms in total. The summed E-state index contributed by atoms with van der Waals surface area (Å²) < 4.78 is 0. The first-order chi connectivity index (χ1) is 8.11. The van der Waals surface area contributed by atoms with Crippen LogP contribution in [0.4, 0.5) is 0 Å². The molecular formula is C13H17NO3. The van der Waals surface area contributed by atoms with Crippen molar-refractivity contribution >= 4 is 11.9 Å². The number of aryl methyl sites for hydroxylation is 1. The molecule has 0 aliphatic rings. The average molecular weight is 235 g/mol. The molecule has 0 aromatic heterocycles. The van der Waals surface area contributed by atoms with Crippen LogP contribution in [0.15, 0.2) is 24.3 Å². The van der Waals surface area contributed by atoms with Crippen molar-refractivity contribution in [3.63, 3.8) is 0 Å². The molecule has 0 saturated heterocycles. The first-order valence-corrected chi connectivity index (χ1v) is 5.68. The summed E-state index contributed by atoms with van der Waals surface area (Å²) in [5.74, 6) is -1.57. The van der Waals surface area contributed by atoms with Crippen molar-refractivity contribution in [1.82, 2.24) is 5.32 Å². The fourth-order valence-corrected chi connectivity index (χ4v) is 1.51. The molecule has 0 atom stereocenters. The molecule has 1 aromatic rings. The monoisotopic (exact) mass is 235 g/mol. The number of rotatable bonds is 6. The van der Waals surface area contributed by atoms with E-state index < -0.39 is 18.3 Å². The fraction of sp³-hybridized carbons (Fsp3) is 0.385. The van der Waals surface area contributed by atoms with E-state index in [0.717, 1.165) is 18.4 Å². The van der Waals surface area contributed by atoms with Gasteiger partial charge in [0.1, 0.15) is 6.42 Å². The Kier molecular flexibility index (Phi) is 5.20. The quantitative estimate of drug-likeness (QED) is 0.738. The molecule has 0 saturated carbocycles. The normalized spacial score (nSPS) is 9.94. The third-order valence-corrected chi connectivity index (χ3v) is 2.36. The number of carbonyl (C=O) groups is 2. The number of nitrogens with one attached hydrogen (secondary N) is 1. The molecule has 92 valence electrons. The number of hydrogen-bond donors (Lipinski definition) is 2. The Labute approximate surface area is 101 Å². The lowest BCUT2D eigenvalue weighted by Gasteiger charge is -2.05. The number of carboxylic acid groups (broad SMARTS) is 1. The lowest BCUT2D eigenvalue weighted by atomic mass is 10.1. The van der Waals surface area contributed by atoms with Crippen LogP contribution in [0.5, 0.6) is 0 Å². The molecule has 4 heteroatoms. The van der Waals surface area contributed by atoms with Crippen LogP contribution >= 0.6 is 0 Å². The van der Waals surface area contributed by atoms with Crippen molar-refractivity contribution in [2.24, 2.45) is 0 Å². The SMILES string of the molecule is CCCc1ccc(CNC(=O)CC(=O)O)cc1. The molecular weight excluding hydrogens is 218 g/mol. The molecule has 2 N–H and O–H groups in total. The Bertz CT molecular complexity index is 384. The van der Waals surface area contributed by atoms with Gasteiger partial charge in [0.25, 0.3) is 0 Å². The lowest BCUT2D eigenvalue weighted by Crippen LogP contribution is -2.24. The molecule has 0 unspecified atom stereocenters. The van der Waals surface area contributed by atoms with Crippen LogP contribution in [0, 0.1) is 0 Å². The number of hydrogen-bond acceptors (Lipinski definition) is 2. The van der Waals surface area contributed by atoms with Crippen LogP contribution in [0.2, 0.25) is 0 Å². The molecule has 1 amide bonds. The molecule has 0 fully saturated rings. The second-order valence-electron chi connectivity index (χ2n) is 3.91. The predicted molar refractivity (Wildman–Crippen MR) is 64.5 cm³/mol. The zero-order chi connectivity index (χ0) is 12.7. The molecule has 0 heterocycles. The van der Waals surface area contributed by atoms with E-state index in [2.05, 4.69) is 12.2 Å². The van der Waals surface area contributed by atoms with Gasteiger partial charge >= 0.3 is 5.97 Å².